The van der Waals surface area contributed by atoms with Crippen molar-refractivity contribution in [3.05, 3.63) is 29.8 Å². The van der Waals surface area contributed by atoms with Crippen LogP contribution in [0.2, 0.25) is 0 Å². The van der Waals surface area contributed by atoms with Crippen LogP contribution in [0.1, 0.15) is 50.9 Å². The van der Waals surface area contributed by atoms with Crippen LogP contribution in [0, 0.1) is 10.8 Å². The molecule has 6 heteroatoms. The summed E-state index contributed by atoms with van der Waals surface area (Å²) in [6, 6.07) is 6.11. The van der Waals surface area contributed by atoms with Crippen LogP contribution in [0.5, 0.6) is 5.75 Å². The lowest BCUT2D eigenvalue weighted by molar-refractivity contribution is -0.176. The molecule has 2 bridgehead atoms. The van der Waals surface area contributed by atoms with E-state index in [0.717, 1.165) is 0 Å². The Morgan fingerprint density at radius 3 is 2.24 bits per heavy atom. The van der Waals surface area contributed by atoms with Crippen molar-refractivity contribution in [1.82, 2.24) is 0 Å². The van der Waals surface area contributed by atoms with Crippen LogP contribution in [0.15, 0.2) is 24.3 Å². The fourth-order valence-corrected chi connectivity index (χ4v) is 3.77. The van der Waals surface area contributed by atoms with Crippen LogP contribution in [0.3, 0.4) is 0 Å². The first kappa shape index (κ1) is 17.5. The lowest BCUT2D eigenvalue weighted by Crippen LogP contribution is -2.50. The molecule has 0 spiro atoms. The number of hydrogen-bond donors (Lipinski definition) is 0. The highest BCUT2D eigenvalue weighted by molar-refractivity contribution is 5.94. The van der Waals surface area contributed by atoms with E-state index in [9.17, 15) is 14.4 Å². The topological polar surface area (TPSA) is 78.9 Å². The van der Waals surface area contributed by atoms with E-state index in [-0.39, 0.29) is 12.6 Å². The molecule has 1 aliphatic heterocycles. The molecule has 1 aromatic carbocycles. The highest BCUT2D eigenvalue weighted by Gasteiger charge is 2.76. The summed E-state index contributed by atoms with van der Waals surface area (Å²) in [5.74, 6) is -1.06. The van der Waals surface area contributed by atoms with Crippen molar-refractivity contribution >= 4 is 17.9 Å². The van der Waals surface area contributed by atoms with Crippen LogP contribution in [0.4, 0.5) is 0 Å². The third-order valence-electron chi connectivity index (χ3n) is 5.99. The van der Waals surface area contributed by atoms with Gasteiger partial charge in [-0.05, 0) is 51.0 Å². The SMILES string of the molecule is CCOC(=O)c1ccc(OC(=O)C23CCC(C)(C(=O)O2)C3(C)C)cc1. The number of fused-ring (bicyclic) bond motifs is 2. The molecule has 1 saturated heterocycles. The largest absolute Gasteiger partial charge is 0.462 e. The Labute approximate surface area is 146 Å². The second kappa shape index (κ2) is 5.58. The molecule has 1 heterocycles. The number of carbonyl (C=O) groups is 3. The Bertz CT molecular complexity index is 735. The summed E-state index contributed by atoms with van der Waals surface area (Å²) >= 11 is 0. The predicted molar refractivity (Wildman–Crippen MR) is 88.0 cm³/mol. The van der Waals surface area contributed by atoms with Crippen molar-refractivity contribution < 1.29 is 28.6 Å². The van der Waals surface area contributed by atoms with E-state index in [2.05, 4.69) is 0 Å². The van der Waals surface area contributed by atoms with E-state index in [1.54, 1.807) is 6.92 Å². The molecule has 0 amide bonds. The number of hydrogen-bond acceptors (Lipinski definition) is 6. The van der Waals surface area contributed by atoms with Crippen molar-refractivity contribution in [1.29, 1.82) is 0 Å². The van der Waals surface area contributed by atoms with Gasteiger partial charge >= 0.3 is 17.9 Å². The molecule has 2 unspecified atom stereocenters. The summed E-state index contributed by atoms with van der Waals surface area (Å²) in [5.41, 5.74) is -2.22. The van der Waals surface area contributed by atoms with Gasteiger partial charge in [-0.25, -0.2) is 9.59 Å². The Kier molecular flexibility index (Phi) is 3.89. The van der Waals surface area contributed by atoms with Gasteiger partial charge in [-0.3, -0.25) is 4.79 Å². The standard InChI is InChI=1S/C19H22O6/c1-5-23-14(20)12-6-8-13(9-7-12)24-16(22)19-11-10-18(4,15(21)25-19)17(19,2)3/h6-9H,5,10-11H2,1-4H3. The van der Waals surface area contributed by atoms with Crippen molar-refractivity contribution in [3.8, 4) is 5.75 Å². The second-order valence-electron chi connectivity index (χ2n) is 7.31. The zero-order valence-electron chi connectivity index (χ0n) is 14.9. The van der Waals surface area contributed by atoms with Crippen molar-refractivity contribution in [2.45, 2.75) is 46.1 Å². The van der Waals surface area contributed by atoms with E-state index in [0.29, 0.717) is 24.2 Å². The van der Waals surface area contributed by atoms with Gasteiger partial charge in [0.15, 0.2) is 0 Å². The minimum Gasteiger partial charge on any atom is -0.462 e. The molecular weight excluding hydrogens is 324 g/mol. The molecule has 134 valence electrons. The lowest BCUT2D eigenvalue weighted by atomic mass is 9.66. The molecule has 2 fully saturated rings. The number of ether oxygens (including phenoxy) is 3. The Balaban J connectivity index is 1.79. The van der Waals surface area contributed by atoms with E-state index < -0.39 is 28.4 Å². The first-order chi connectivity index (χ1) is 11.7. The molecule has 0 N–H and O–H groups in total. The molecule has 2 atom stereocenters. The summed E-state index contributed by atoms with van der Waals surface area (Å²) in [7, 11) is 0. The quantitative estimate of drug-likeness (QED) is 0.616. The fourth-order valence-electron chi connectivity index (χ4n) is 3.77. The molecule has 2 aliphatic rings. The maximum Gasteiger partial charge on any atom is 0.356 e. The van der Waals surface area contributed by atoms with Gasteiger partial charge in [0.2, 0.25) is 5.60 Å². The molecule has 1 aromatic rings. The average Bonchev–Trinajstić information content (AvgIpc) is 2.86. The predicted octanol–water partition coefficient (Wildman–Crippen LogP) is 2.89. The molecule has 1 saturated carbocycles. The summed E-state index contributed by atoms with van der Waals surface area (Å²) in [6.45, 7) is 7.60. The average molecular weight is 346 g/mol. The molecule has 1 aliphatic carbocycles. The van der Waals surface area contributed by atoms with Gasteiger partial charge in [-0.1, -0.05) is 13.8 Å². The number of esters is 3. The first-order valence-electron chi connectivity index (χ1n) is 8.41. The monoisotopic (exact) mass is 346 g/mol. The van der Waals surface area contributed by atoms with Gasteiger partial charge in [0.05, 0.1) is 17.6 Å². The second-order valence-corrected chi connectivity index (χ2v) is 7.31. The summed E-state index contributed by atoms with van der Waals surface area (Å²) < 4.78 is 15.9. The molecule has 25 heavy (non-hydrogen) atoms. The Morgan fingerprint density at radius 2 is 1.76 bits per heavy atom. The maximum absolute atomic E-state index is 12.8. The number of rotatable bonds is 4. The number of carbonyl (C=O) groups excluding carboxylic acids is 3. The van der Waals surface area contributed by atoms with Crippen molar-refractivity contribution in [2.75, 3.05) is 6.61 Å². The summed E-state index contributed by atoms with van der Waals surface area (Å²) in [5, 5.41) is 0. The third-order valence-corrected chi connectivity index (χ3v) is 5.99. The van der Waals surface area contributed by atoms with E-state index >= 15 is 0 Å². The number of benzene rings is 1. The lowest BCUT2D eigenvalue weighted by Gasteiger charge is -2.34. The minimum atomic E-state index is -1.27. The Hall–Kier alpha value is -2.37. The molecule has 0 aromatic heterocycles. The highest BCUT2D eigenvalue weighted by Crippen LogP contribution is 2.65. The van der Waals surface area contributed by atoms with E-state index in [4.69, 9.17) is 14.2 Å². The summed E-state index contributed by atoms with van der Waals surface area (Å²) in [4.78, 5) is 36.7. The fraction of sp³-hybridized carbons (Fsp3) is 0.526. The van der Waals surface area contributed by atoms with Gasteiger partial charge in [0.25, 0.3) is 0 Å². The molecule has 6 nitrogen and oxygen atoms in total. The Morgan fingerprint density at radius 1 is 1.12 bits per heavy atom. The smallest absolute Gasteiger partial charge is 0.356 e. The maximum atomic E-state index is 12.8. The summed E-state index contributed by atoms with van der Waals surface area (Å²) in [6.07, 6.45) is 1.04. The van der Waals surface area contributed by atoms with E-state index in [1.807, 2.05) is 20.8 Å². The van der Waals surface area contributed by atoms with Crippen LogP contribution >= 0.6 is 0 Å². The van der Waals surface area contributed by atoms with Gasteiger partial charge in [-0.15, -0.1) is 0 Å². The zero-order valence-corrected chi connectivity index (χ0v) is 14.9. The van der Waals surface area contributed by atoms with Crippen LogP contribution in [0.25, 0.3) is 0 Å². The van der Waals surface area contributed by atoms with Crippen LogP contribution in [-0.2, 0) is 19.1 Å². The third kappa shape index (κ3) is 2.27. The normalized spacial score (nSPS) is 29.2. The van der Waals surface area contributed by atoms with Gasteiger partial charge in [0.1, 0.15) is 5.75 Å². The van der Waals surface area contributed by atoms with Gasteiger partial charge in [-0.2, -0.15) is 0 Å². The highest BCUT2D eigenvalue weighted by atomic mass is 16.6. The van der Waals surface area contributed by atoms with Gasteiger partial charge < -0.3 is 14.2 Å². The van der Waals surface area contributed by atoms with Crippen LogP contribution < -0.4 is 4.74 Å². The van der Waals surface area contributed by atoms with Crippen molar-refractivity contribution in [2.24, 2.45) is 10.8 Å². The van der Waals surface area contributed by atoms with Crippen LogP contribution in [-0.4, -0.2) is 30.1 Å². The molecule has 3 rings (SSSR count). The van der Waals surface area contributed by atoms with Crippen molar-refractivity contribution in [3.63, 3.8) is 0 Å². The molecular formula is C19H22O6. The molecule has 0 radical (unpaired) electrons. The zero-order chi connectivity index (χ0) is 18.5. The first-order valence-corrected chi connectivity index (χ1v) is 8.41. The van der Waals surface area contributed by atoms with Gasteiger partial charge in [0, 0.05) is 5.41 Å². The van der Waals surface area contributed by atoms with E-state index in [1.165, 1.54) is 24.3 Å². The minimum absolute atomic E-state index is 0.289.